The number of anilines is 2. The van der Waals surface area contributed by atoms with Crippen LogP contribution in [0.15, 0.2) is 73.6 Å². The molecule has 0 radical (unpaired) electrons. The summed E-state index contributed by atoms with van der Waals surface area (Å²) in [6.45, 7) is 7.35. The normalized spacial score (nSPS) is 14.4. The Labute approximate surface area is 249 Å². The molecule has 0 bridgehead atoms. The predicted octanol–water partition coefficient (Wildman–Crippen LogP) is 4.98. The van der Waals surface area contributed by atoms with Crippen molar-refractivity contribution < 1.29 is 28.6 Å². The second kappa shape index (κ2) is 14.6. The second-order valence-electron chi connectivity index (χ2n) is 10.0. The average Bonchev–Trinajstić information content (AvgIpc) is 3.01. The van der Waals surface area contributed by atoms with Gasteiger partial charge in [-0.2, -0.15) is 0 Å². The molecule has 0 aliphatic carbocycles. The molecule has 1 atom stereocenters. The lowest BCUT2D eigenvalue weighted by Gasteiger charge is -2.33. The number of rotatable bonds is 11. The van der Waals surface area contributed by atoms with Gasteiger partial charge in [-0.1, -0.05) is 38.6 Å². The van der Waals surface area contributed by atoms with Crippen molar-refractivity contribution >= 4 is 35.3 Å². The Balaban J connectivity index is 1.58. The van der Waals surface area contributed by atoms with E-state index in [1.165, 1.54) is 12.4 Å². The fraction of sp³-hybridized carbons (Fsp3) is 0.290. The average molecular weight is 587 g/mol. The van der Waals surface area contributed by atoms with Crippen molar-refractivity contribution in [2.24, 2.45) is 5.92 Å². The molecular formula is C31H34N6O6. The summed E-state index contributed by atoms with van der Waals surface area (Å²) in [5.74, 6) is 0.511. The van der Waals surface area contributed by atoms with Gasteiger partial charge in [-0.25, -0.2) is 14.8 Å². The molecule has 0 saturated carbocycles. The Morgan fingerprint density at radius 2 is 1.74 bits per heavy atom. The molecule has 1 aliphatic heterocycles. The zero-order valence-electron chi connectivity index (χ0n) is 24.0. The summed E-state index contributed by atoms with van der Waals surface area (Å²) in [6, 6.07) is 16.0. The molecule has 2 aromatic carbocycles. The highest BCUT2D eigenvalue weighted by Crippen LogP contribution is 2.28. The van der Waals surface area contributed by atoms with Gasteiger partial charge in [-0.3, -0.25) is 20.3 Å². The number of likely N-dealkylation sites (tertiary alicyclic amines) is 1. The van der Waals surface area contributed by atoms with Crippen molar-refractivity contribution in [3.63, 3.8) is 0 Å². The minimum atomic E-state index is -0.928. The number of nitrogens with zero attached hydrogens (tertiary/aromatic N) is 3. The molecule has 1 aliphatic rings. The van der Waals surface area contributed by atoms with Crippen LogP contribution in [0.3, 0.4) is 0 Å². The lowest BCUT2D eigenvalue weighted by molar-refractivity contribution is -0.155. The van der Waals surface area contributed by atoms with Crippen molar-refractivity contribution in [3.8, 4) is 11.5 Å². The number of aromatic nitrogens is 2. The Morgan fingerprint density at radius 1 is 1.05 bits per heavy atom. The third-order valence-electron chi connectivity index (χ3n) is 6.55. The monoisotopic (exact) mass is 586 g/mol. The third-order valence-corrected chi connectivity index (χ3v) is 6.55. The number of carbonyl (C=O) groups is 3. The highest BCUT2D eigenvalue weighted by atomic mass is 16.7. The number of hydrogen-bond donors (Lipinski definition) is 3. The Morgan fingerprint density at radius 3 is 2.44 bits per heavy atom. The van der Waals surface area contributed by atoms with Crippen LogP contribution in [0.25, 0.3) is 0 Å². The quantitative estimate of drug-likeness (QED) is 0.122. The van der Waals surface area contributed by atoms with Crippen LogP contribution in [0.5, 0.6) is 11.5 Å². The van der Waals surface area contributed by atoms with E-state index in [0.29, 0.717) is 36.0 Å². The molecule has 12 heteroatoms. The zero-order chi connectivity index (χ0) is 30.8. The number of hydrogen-bond acceptors (Lipinski definition) is 10. The first-order chi connectivity index (χ1) is 20.7. The molecule has 1 fully saturated rings. The number of amides is 2. The SMILES string of the molecule is C=CC(=O)N1CCCC(Nc2ncnc(NC(=O)OCOC(=O)C(C)C)c2C(=N)c2ccc(Oc3ccccc3)cc2)C1. The number of benzene rings is 2. The summed E-state index contributed by atoms with van der Waals surface area (Å²) in [5, 5.41) is 15.0. The number of nitrogens with one attached hydrogen (secondary N) is 3. The summed E-state index contributed by atoms with van der Waals surface area (Å²) < 4.78 is 15.8. The molecule has 224 valence electrons. The van der Waals surface area contributed by atoms with E-state index < -0.39 is 18.9 Å². The predicted molar refractivity (Wildman–Crippen MR) is 160 cm³/mol. The molecule has 1 saturated heterocycles. The van der Waals surface area contributed by atoms with Gasteiger partial charge < -0.3 is 24.4 Å². The maximum absolute atomic E-state index is 12.6. The summed E-state index contributed by atoms with van der Waals surface area (Å²) in [4.78, 5) is 46.8. The minimum Gasteiger partial charge on any atom is -0.457 e. The topological polar surface area (TPSA) is 156 Å². The highest BCUT2D eigenvalue weighted by Gasteiger charge is 2.26. The van der Waals surface area contributed by atoms with Gasteiger partial charge in [-0.15, -0.1) is 0 Å². The maximum Gasteiger partial charge on any atom is 0.415 e. The van der Waals surface area contributed by atoms with Crippen LogP contribution in [0.2, 0.25) is 0 Å². The van der Waals surface area contributed by atoms with Crippen molar-refractivity contribution in [1.29, 1.82) is 5.41 Å². The number of esters is 1. The van der Waals surface area contributed by atoms with Gasteiger partial charge in [0.2, 0.25) is 12.7 Å². The van der Waals surface area contributed by atoms with Crippen molar-refractivity contribution in [1.82, 2.24) is 14.9 Å². The van der Waals surface area contributed by atoms with Gasteiger partial charge in [0.15, 0.2) is 0 Å². The number of para-hydroxylation sites is 1. The first-order valence-corrected chi connectivity index (χ1v) is 13.8. The summed E-state index contributed by atoms with van der Waals surface area (Å²) in [7, 11) is 0. The molecule has 1 unspecified atom stereocenters. The fourth-order valence-corrected chi connectivity index (χ4v) is 4.34. The zero-order valence-corrected chi connectivity index (χ0v) is 24.0. The van der Waals surface area contributed by atoms with Gasteiger partial charge in [0, 0.05) is 24.7 Å². The lowest BCUT2D eigenvalue weighted by Crippen LogP contribution is -2.44. The Kier molecular flexibility index (Phi) is 10.4. The first kappa shape index (κ1) is 30.7. The molecule has 3 N–H and O–H groups in total. The molecule has 2 amide bonds. The largest absolute Gasteiger partial charge is 0.457 e. The molecule has 43 heavy (non-hydrogen) atoms. The van der Waals surface area contributed by atoms with E-state index in [9.17, 15) is 14.4 Å². The summed E-state index contributed by atoms with van der Waals surface area (Å²) in [6.07, 6.45) is 3.13. The van der Waals surface area contributed by atoms with Gasteiger partial charge in [0.1, 0.15) is 29.5 Å². The lowest BCUT2D eigenvalue weighted by atomic mass is 10.0. The van der Waals surface area contributed by atoms with E-state index in [4.69, 9.17) is 19.6 Å². The number of ether oxygens (including phenoxy) is 3. The van der Waals surface area contributed by atoms with Crippen LogP contribution in [0, 0.1) is 11.3 Å². The van der Waals surface area contributed by atoms with Crippen LogP contribution in [-0.2, 0) is 19.1 Å². The molecular weight excluding hydrogens is 552 g/mol. The summed E-state index contributed by atoms with van der Waals surface area (Å²) in [5.41, 5.74) is 0.737. The molecule has 2 heterocycles. The van der Waals surface area contributed by atoms with E-state index in [0.717, 1.165) is 12.8 Å². The van der Waals surface area contributed by atoms with E-state index in [2.05, 4.69) is 27.2 Å². The first-order valence-electron chi connectivity index (χ1n) is 13.8. The van der Waals surface area contributed by atoms with Crippen LogP contribution in [0.1, 0.15) is 37.8 Å². The van der Waals surface area contributed by atoms with Crippen LogP contribution in [-0.4, -0.2) is 64.5 Å². The molecule has 0 spiro atoms. The van der Waals surface area contributed by atoms with E-state index >= 15 is 0 Å². The van der Waals surface area contributed by atoms with E-state index in [1.807, 2.05) is 30.3 Å². The van der Waals surface area contributed by atoms with E-state index in [1.54, 1.807) is 43.0 Å². The number of piperidine rings is 1. The molecule has 1 aromatic heterocycles. The Hall–Kier alpha value is -5.26. The van der Waals surface area contributed by atoms with Gasteiger partial charge in [0.05, 0.1) is 17.2 Å². The number of carbonyl (C=O) groups excluding carboxylic acids is 3. The van der Waals surface area contributed by atoms with Gasteiger partial charge >= 0.3 is 12.1 Å². The summed E-state index contributed by atoms with van der Waals surface area (Å²) >= 11 is 0. The molecule has 12 nitrogen and oxygen atoms in total. The van der Waals surface area contributed by atoms with E-state index in [-0.39, 0.29) is 35.0 Å². The Bertz CT molecular complexity index is 1460. The van der Waals surface area contributed by atoms with Gasteiger partial charge in [0.25, 0.3) is 0 Å². The maximum atomic E-state index is 12.6. The molecule has 3 aromatic rings. The second-order valence-corrected chi connectivity index (χ2v) is 10.0. The minimum absolute atomic E-state index is 0.0159. The van der Waals surface area contributed by atoms with Crippen molar-refractivity contribution in [2.75, 3.05) is 30.5 Å². The molecule has 4 rings (SSSR count). The highest BCUT2D eigenvalue weighted by molar-refractivity contribution is 6.17. The van der Waals surface area contributed by atoms with Crippen LogP contribution >= 0.6 is 0 Å². The van der Waals surface area contributed by atoms with Crippen molar-refractivity contribution in [2.45, 2.75) is 32.7 Å². The fourth-order valence-electron chi connectivity index (χ4n) is 4.34. The van der Waals surface area contributed by atoms with Gasteiger partial charge in [-0.05, 0) is 55.3 Å². The van der Waals surface area contributed by atoms with Crippen molar-refractivity contribution in [3.05, 3.63) is 84.7 Å². The van der Waals surface area contributed by atoms with Crippen LogP contribution < -0.4 is 15.4 Å². The third kappa shape index (κ3) is 8.38. The standard InChI is InChI=1S/C31H34N6O6/c1-4-25(38)37-16-8-9-22(17-37)35-28-26(29(34-18-33-28)36-31(40)42-19-41-30(39)20(2)3)27(32)21-12-14-24(15-13-21)43-23-10-6-5-7-11-23/h4-7,10-15,18,20,22,32H,1,8-9,16-17,19H2,2-3H3,(H2,33,34,35,36,40). The van der Waals surface area contributed by atoms with Crippen LogP contribution in [0.4, 0.5) is 16.4 Å². The smallest absolute Gasteiger partial charge is 0.415 e.